The minimum absolute atomic E-state index is 0. The van der Waals surface area contributed by atoms with Crippen molar-refractivity contribution in [1.82, 2.24) is 15.2 Å². The normalized spacial score (nSPS) is 15.4. The van der Waals surface area contributed by atoms with Gasteiger partial charge >= 0.3 is 0 Å². The van der Waals surface area contributed by atoms with Crippen LogP contribution in [-0.4, -0.2) is 49.3 Å². The van der Waals surface area contributed by atoms with Crippen LogP contribution in [0.5, 0.6) is 0 Å². The number of hydrogen-bond donors (Lipinski definition) is 1. The number of hydrogen-bond acceptors (Lipinski definition) is 4. The van der Waals surface area contributed by atoms with Gasteiger partial charge in [0.15, 0.2) is 0 Å². The van der Waals surface area contributed by atoms with E-state index in [0.717, 1.165) is 45.1 Å². The molecule has 1 aromatic rings. The van der Waals surface area contributed by atoms with Crippen molar-refractivity contribution in [2.75, 3.05) is 39.4 Å². The first kappa shape index (κ1) is 18.6. The number of rotatable bonds is 6. The highest BCUT2D eigenvalue weighted by molar-refractivity contribution is 5.02. The molecule has 1 aromatic heterocycles. The molecule has 0 unspecified atom stereocenters. The molecule has 0 spiro atoms. The number of aromatic nitrogens is 1. The Bertz CT molecular complexity index is 308. The van der Waals surface area contributed by atoms with Crippen molar-refractivity contribution in [3.8, 4) is 0 Å². The molecule has 0 aliphatic carbocycles. The summed E-state index contributed by atoms with van der Waals surface area (Å²) in [7, 11) is 0. The number of pyridine rings is 1. The summed E-state index contributed by atoms with van der Waals surface area (Å²) in [6.07, 6.45) is 3.03. The number of morpholine rings is 1. The summed E-state index contributed by atoms with van der Waals surface area (Å²) < 4.78 is 5.32. The fourth-order valence-electron chi connectivity index (χ4n) is 1.97. The lowest BCUT2D eigenvalue weighted by Crippen LogP contribution is -3.00. The lowest BCUT2D eigenvalue weighted by Gasteiger charge is -2.26. The summed E-state index contributed by atoms with van der Waals surface area (Å²) in [5, 5.41) is 3.42. The van der Waals surface area contributed by atoms with Crippen molar-refractivity contribution in [1.29, 1.82) is 0 Å². The molecule has 2 heterocycles. The molecule has 1 aliphatic heterocycles. The van der Waals surface area contributed by atoms with E-state index in [1.54, 1.807) is 0 Å². The van der Waals surface area contributed by atoms with Crippen LogP contribution >= 0.6 is 0 Å². The van der Waals surface area contributed by atoms with E-state index in [9.17, 15) is 0 Å². The number of ether oxygens (including phenoxy) is 1. The SMILES string of the molecule is [Cl-].[Cl-].c1ccc(CNCCCN2CCOCC2)nc1. The Kier molecular flexibility index (Phi) is 11.2. The van der Waals surface area contributed by atoms with Gasteiger partial charge in [0.05, 0.1) is 18.9 Å². The summed E-state index contributed by atoms with van der Waals surface area (Å²) in [4.78, 5) is 6.74. The van der Waals surface area contributed by atoms with Crippen LogP contribution in [0.25, 0.3) is 0 Å². The highest BCUT2D eigenvalue weighted by atomic mass is 35.5. The predicted octanol–water partition coefficient (Wildman–Crippen LogP) is -5.10. The molecule has 2 rings (SSSR count). The van der Waals surface area contributed by atoms with Crippen LogP contribution < -0.4 is 30.1 Å². The third kappa shape index (κ3) is 7.70. The molecule has 4 nitrogen and oxygen atoms in total. The minimum Gasteiger partial charge on any atom is -1.00 e. The lowest BCUT2D eigenvalue weighted by molar-refractivity contribution is -0.001000. The van der Waals surface area contributed by atoms with Gasteiger partial charge in [0.1, 0.15) is 0 Å². The highest BCUT2D eigenvalue weighted by Crippen LogP contribution is 1.97. The molecule has 0 saturated carbocycles. The molecule has 0 amide bonds. The first-order valence-corrected chi connectivity index (χ1v) is 6.36. The fourth-order valence-corrected chi connectivity index (χ4v) is 1.97. The zero-order valence-corrected chi connectivity index (χ0v) is 12.5. The van der Waals surface area contributed by atoms with E-state index in [-0.39, 0.29) is 24.8 Å². The molecule has 6 heteroatoms. The topological polar surface area (TPSA) is 37.4 Å². The van der Waals surface area contributed by atoms with Gasteiger partial charge in [-0.2, -0.15) is 0 Å². The van der Waals surface area contributed by atoms with Gasteiger partial charge < -0.3 is 34.9 Å². The third-order valence-corrected chi connectivity index (χ3v) is 2.96. The van der Waals surface area contributed by atoms with Crippen LogP contribution in [0, 0.1) is 0 Å². The number of halogens is 2. The molecule has 1 N–H and O–H groups in total. The average Bonchev–Trinajstić information content (AvgIpc) is 2.41. The van der Waals surface area contributed by atoms with E-state index in [4.69, 9.17) is 4.74 Å². The molecule has 0 radical (unpaired) electrons. The molecule has 0 atom stereocenters. The second-order valence-corrected chi connectivity index (χ2v) is 4.31. The lowest BCUT2D eigenvalue weighted by atomic mass is 10.3. The Morgan fingerprint density at radius 1 is 1.21 bits per heavy atom. The third-order valence-electron chi connectivity index (χ3n) is 2.96. The van der Waals surface area contributed by atoms with Crippen LogP contribution in [-0.2, 0) is 11.3 Å². The van der Waals surface area contributed by atoms with Gasteiger partial charge in [-0.1, -0.05) is 6.07 Å². The van der Waals surface area contributed by atoms with Gasteiger partial charge in [0.2, 0.25) is 0 Å². The smallest absolute Gasteiger partial charge is 0.0594 e. The van der Waals surface area contributed by atoms with Crippen molar-refractivity contribution < 1.29 is 29.6 Å². The summed E-state index contributed by atoms with van der Waals surface area (Å²) >= 11 is 0. The second-order valence-electron chi connectivity index (χ2n) is 4.31. The molecule has 0 aromatic carbocycles. The van der Waals surface area contributed by atoms with E-state index in [1.807, 2.05) is 18.3 Å². The quantitative estimate of drug-likeness (QED) is 0.534. The van der Waals surface area contributed by atoms with Crippen LogP contribution in [0.15, 0.2) is 24.4 Å². The van der Waals surface area contributed by atoms with E-state index in [1.165, 1.54) is 13.0 Å². The zero-order chi connectivity index (χ0) is 11.8. The summed E-state index contributed by atoms with van der Waals surface area (Å²) in [6.45, 7) is 7.03. The van der Waals surface area contributed by atoms with E-state index in [2.05, 4.69) is 21.3 Å². The Morgan fingerprint density at radius 3 is 2.68 bits per heavy atom. The van der Waals surface area contributed by atoms with Gasteiger partial charge in [-0.3, -0.25) is 9.88 Å². The maximum absolute atomic E-state index is 5.32. The number of nitrogens with one attached hydrogen (secondary N) is 1. The van der Waals surface area contributed by atoms with E-state index >= 15 is 0 Å². The number of nitrogens with zero attached hydrogens (tertiary/aromatic N) is 2. The van der Waals surface area contributed by atoms with Crippen LogP contribution in [0.3, 0.4) is 0 Å². The maximum atomic E-state index is 5.32. The fraction of sp³-hybridized carbons (Fsp3) is 0.615. The summed E-state index contributed by atoms with van der Waals surface area (Å²) in [5.41, 5.74) is 1.11. The molecule has 0 bridgehead atoms. The van der Waals surface area contributed by atoms with Crippen molar-refractivity contribution in [3.05, 3.63) is 30.1 Å². The monoisotopic (exact) mass is 305 g/mol. The molecule has 19 heavy (non-hydrogen) atoms. The Labute approximate surface area is 127 Å². The predicted molar refractivity (Wildman–Crippen MR) is 67.8 cm³/mol. The van der Waals surface area contributed by atoms with Crippen molar-refractivity contribution in [3.63, 3.8) is 0 Å². The van der Waals surface area contributed by atoms with Gasteiger partial charge in [-0.25, -0.2) is 0 Å². The summed E-state index contributed by atoms with van der Waals surface area (Å²) in [6, 6.07) is 6.02. The van der Waals surface area contributed by atoms with Gasteiger partial charge in [0.25, 0.3) is 0 Å². The first-order chi connectivity index (χ1) is 8.45. The van der Waals surface area contributed by atoms with Crippen LogP contribution in [0.1, 0.15) is 12.1 Å². The zero-order valence-electron chi connectivity index (χ0n) is 11.0. The second kappa shape index (κ2) is 11.4. The summed E-state index contributed by atoms with van der Waals surface area (Å²) in [5.74, 6) is 0. The Balaban J connectivity index is 0.00000162. The Morgan fingerprint density at radius 2 is 2.00 bits per heavy atom. The maximum Gasteiger partial charge on any atom is 0.0594 e. The van der Waals surface area contributed by atoms with E-state index < -0.39 is 0 Å². The average molecular weight is 306 g/mol. The largest absolute Gasteiger partial charge is 1.00 e. The van der Waals surface area contributed by atoms with Crippen molar-refractivity contribution in [2.45, 2.75) is 13.0 Å². The van der Waals surface area contributed by atoms with E-state index in [0.29, 0.717) is 0 Å². The molecule has 1 fully saturated rings. The van der Waals surface area contributed by atoms with Gasteiger partial charge in [-0.05, 0) is 31.6 Å². The van der Waals surface area contributed by atoms with Crippen molar-refractivity contribution >= 4 is 0 Å². The molecular weight excluding hydrogens is 285 g/mol. The Hall–Kier alpha value is -0.390. The first-order valence-electron chi connectivity index (χ1n) is 6.36. The van der Waals surface area contributed by atoms with Crippen LogP contribution in [0.4, 0.5) is 0 Å². The standard InChI is InChI=1S/C13H21N3O.2ClH/c1-2-6-15-13(4-1)12-14-5-3-7-16-8-10-17-11-9-16;;/h1-2,4,6,14H,3,5,7-12H2;2*1H/p-2. The molecule has 1 aliphatic rings. The van der Waals surface area contributed by atoms with Gasteiger partial charge in [-0.15, -0.1) is 0 Å². The molecule has 110 valence electrons. The van der Waals surface area contributed by atoms with Gasteiger partial charge in [0, 0.05) is 25.8 Å². The van der Waals surface area contributed by atoms with Crippen molar-refractivity contribution in [2.24, 2.45) is 0 Å². The minimum atomic E-state index is 0. The van der Waals surface area contributed by atoms with Crippen LogP contribution in [0.2, 0.25) is 0 Å². The molecular formula is C13H21Cl2N3O-2. The highest BCUT2D eigenvalue weighted by Gasteiger charge is 2.08. The molecule has 1 saturated heterocycles.